The van der Waals surface area contributed by atoms with Crippen molar-refractivity contribution in [2.75, 3.05) is 31.0 Å². The highest BCUT2D eigenvalue weighted by atomic mass is 16.5. The van der Waals surface area contributed by atoms with Crippen LogP contribution in [0.25, 0.3) is 0 Å². The third kappa shape index (κ3) is 4.13. The van der Waals surface area contributed by atoms with Crippen LogP contribution in [0.1, 0.15) is 36.8 Å². The number of carbonyl (C=O) groups is 2. The third-order valence-corrected chi connectivity index (χ3v) is 6.05. The van der Waals surface area contributed by atoms with E-state index in [9.17, 15) is 9.59 Å². The minimum atomic E-state index is -0.117. The van der Waals surface area contributed by atoms with Crippen molar-refractivity contribution in [3.05, 3.63) is 47.5 Å². The zero-order valence-electron chi connectivity index (χ0n) is 17.6. The molecule has 30 heavy (non-hydrogen) atoms. The topological polar surface area (TPSA) is 67.9 Å². The first-order chi connectivity index (χ1) is 14.6. The van der Waals surface area contributed by atoms with Gasteiger partial charge in [0.05, 0.1) is 20.6 Å². The summed E-state index contributed by atoms with van der Waals surface area (Å²) in [6, 6.07) is 11.3. The van der Waals surface area contributed by atoms with Gasteiger partial charge in [0.25, 0.3) is 0 Å². The van der Waals surface area contributed by atoms with Crippen LogP contribution >= 0.6 is 0 Å². The van der Waals surface area contributed by atoms with Crippen LogP contribution in [0.5, 0.6) is 11.5 Å². The van der Waals surface area contributed by atoms with E-state index in [0.29, 0.717) is 17.2 Å². The minimum Gasteiger partial charge on any atom is -0.493 e. The quantitative estimate of drug-likeness (QED) is 0.786. The monoisotopic (exact) mass is 408 g/mol. The number of carbonyl (C=O) groups excluding carboxylic acids is 2. The van der Waals surface area contributed by atoms with Crippen molar-refractivity contribution in [2.45, 2.75) is 38.5 Å². The van der Waals surface area contributed by atoms with E-state index in [1.807, 2.05) is 35.2 Å². The molecule has 1 fully saturated rings. The third-order valence-electron chi connectivity index (χ3n) is 6.05. The van der Waals surface area contributed by atoms with Crippen LogP contribution in [0.3, 0.4) is 0 Å². The van der Waals surface area contributed by atoms with Crippen LogP contribution in [0.2, 0.25) is 0 Å². The molecule has 1 aliphatic heterocycles. The summed E-state index contributed by atoms with van der Waals surface area (Å²) in [4.78, 5) is 27.4. The molecule has 0 radical (unpaired) electrons. The highest BCUT2D eigenvalue weighted by Crippen LogP contribution is 2.35. The maximum absolute atomic E-state index is 12.9. The maximum Gasteiger partial charge on any atom is 0.230 e. The number of fused-ring (bicyclic) bond motifs is 1. The molecular weight excluding hydrogens is 380 g/mol. The van der Waals surface area contributed by atoms with Crippen LogP contribution < -0.4 is 19.7 Å². The van der Waals surface area contributed by atoms with Crippen molar-refractivity contribution in [3.8, 4) is 11.5 Å². The first-order valence-corrected chi connectivity index (χ1v) is 10.5. The lowest BCUT2D eigenvalue weighted by Crippen LogP contribution is -2.33. The summed E-state index contributed by atoms with van der Waals surface area (Å²) >= 11 is 0. The molecule has 0 unspecified atom stereocenters. The second kappa shape index (κ2) is 8.78. The number of ether oxygens (including phenoxy) is 2. The van der Waals surface area contributed by atoms with Crippen molar-refractivity contribution in [1.82, 2.24) is 0 Å². The van der Waals surface area contributed by atoms with Gasteiger partial charge in [-0.05, 0) is 54.7 Å². The van der Waals surface area contributed by atoms with E-state index in [0.717, 1.165) is 49.9 Å². The molecule has 2 aromatic rings. The van der Waals surface area contributed by atoms with Gasteiger partial charge in [-0.15, -0.1) is 0 Å². The summed E-state index contributed by atoms with van der Waals surface area (Å²) in [5, 5.41) is 2.97. The summed E-state index contributed by atoms with van der Waals surface area (Å²) in [7, 11) is 3.16. The molecule has 6 nitrogen and oxygen atoms in total. The molecule has 0 saturated heterocycles. The Labute approximate surface area is 177 Å². The predicted octanol–water partition coefficient (Wildman–Crippen LogP) is 3.96. The van der Waals surface area contributed by atoms with E-state index < -0.39 is 0 Å². The number of nitrogens with one attached hydrogen (secondary N) is 1. The molecule has 0 bridgehead atoms. The van der Waals surface area contributed by atoms with E-state index in [1.54, 1.807) is 20.3 Å². The summed E-state index contributed by atoms with van der Waals surface area (Å²) < 4.78 is 10.6. The lowest BCUT2D eigenvalue weighted by molar-refractivity contribution is -0.122. The maximum atomic E-state index is 12.9. The Hall–Kier alpha value is -3.02. The zero-order chi connectivity index (χ0) is 21.1. The summed E-state index contributed by atoms with van der Waals surface area (Å²) in [5.74, 6) is 1.50. The van der Waals surface area contributed by atoms with E-state index in [4.69, 9.17) is 9.47 Å². The van der Waals surface area contributed by atoms with Crippen molar-refractivity contribution in [1.29, 1.82) is 0 Å². The molecule has 0 atom stereocenters. The summed E-state index contributed by atoms with van der Waals surface area (Å²) in [6.45, 7) is 0.730. The molecule has 4 rings (SSSR count). The van der Waals surface area contributed by atoms with E-state index >= 15 is 0 Å². The molecule has 1 heterocycles. The van der Waals surface area contributed by atoms with Gasteiger partial charge in [0, 0.05) is 23.8 Å². The van der Waals surface area contributed by atoms with Crippen molar-refractivity contribution in [2.24, 2.45) is 5.92 Å². The molecule has 158 valence electrons. The van der Waals surface area contributed by atoms with Gasteiger partial charge in [-0.25, -0.2) is 0 Å². The Morgan fingerprint density at radius 3 is 2.53 bits per heavy atom. The molecule has 2 aliphatic rings. The first-order valence-electron chi connectivity index (χ1n) is 10.5. The number of methoxy groups -OCH3 is 2. The highest BCUT2D eigenvalue weighted by Gasteiger charge is 2.32. The van der Waals surface area contributed by atoms with Crippen LogP contribution in [0, 0.1) is 5.92 Å². The van der Waals surface area contributed by atoms with Gasteiger partial charge in [0.2, 0.25) is 11.8 Å². The predicted molar refractivity (Wildman–Crippen MR) is 116 cm³/mol. The molecule has 6 heteroatoms. The van der Waals surface area contributed by atoms with Gasteiger partial charge >= 0.3 is 0 Å². The summed E-state index contributed by atoms with van der Waals surface area (Å²) in [6.07, 6.45) is 5.36. The number of amides is 2. The van der Waals surface area contributed by atoms with E-state index in [-0.39, 0.29) is 24.2 Å². The number of hydrogen-bond acceptors (Lipinski definition) is 4. The van der Waals surface area contributed by atoms with Gasteiger partial charge in [0.1, 0.15) is 0 Å². The average Bonchev–Trinajstić information content (AvgIpc) is 3.43. The van der Waals surface area contributed by atoms with Gasteiger partial charge in [-0.3, -0.25) is 9.59 Å². The van der Waals surface area contributed by atoms with E-state index in [2.05, 4.69) is 5.32 Å². The molecular formula is C24H28N2O4. The van der Waals surface area contributed by atoms with Crippen LogP contribution in [0.15, 0.2) is 36.4 Å². The number of hydrogen-bond donors (Lipinski definition) is 1. The number of rotatable bonds is 6. The fourth-order valence-corrected chi connectivity index (χ4v) is 4.46. The molecule has 1 saturated carbocycles. The fourth-order valence-electron chi connectivity index (χ4n) is 4.46. The minimum absolute atomic E-state index is 0.117. The number of anilines is 2. The van der Waals surface area contributed by atoms with Gasteiger partial charge < -0.3 is 19.7 Å². The van der Waals surface area contributed by atoms with Gasteiger partial charge in [0.15, 0.2) is 11.5 Å². The second-order valence-electron chi connectivity index (χ2n) is 7.98. The van der Waals surface area contributed by atoms with Gasteiger partial charge in [-0.2, -0.15) is 0 Å². The molecule has 1 N–H and O–H groups in total. The normalized spacial score (nSPS) is 15.7. The Morgan fingerprint density at radius 2 is 1.80 bits per heavy atom. The van der Waals surface area contributed by atoms with Crippen LogP contribution in [-0.2, 0) is 22.4 Å². The smallest absolute Gasteiger partial charge is 0.230 e. The fraction of sp³-hybridized carbons (Fsp3) is 0.417. The largest absolute Gasteiger partial charge is 0.493 e. The molecule has 2 amide bonds. The van der Waals surface area contributed by atoms with Crippen molar-refractivity contribution >= 4 is 23.2 Å². The van der Waals surface area contributed by atoms with Crippen molar-refractivity contribution < 1.29 is 19.1 Å². The highest BCUT2D eigenvalue weighted by molar-refractivity contribution is 5.99. The number of benzene rings is 2. The molecule has 2 aromatic carbocycles. The zero-order valence-corrected chi connectivity index (χ0v) is 17.6. The van der Waals surface area contributed by atoms with Gasteiger partial charge in [-0.1, -0.05) is 25.0 Å². The Balaban J connectivity index is 1.45. The lowest BCUT2D eigenvalue weighted by atomic mass is 10.1. The summed E-state index contributed by atoms with van der Waals surface area (Å²) in [5.41, 5.74) is 3.66. The average molecular weight is 408 g/mol. The molecule has 1 aliphatic carbocycles. The standard InChI is InChI=1S/C24H28N2O4/c1-29-21-10-7-16(13-22(21)30-2)14-23(27)25-19-9-8-17-11-12-26(20(17)15-19)24(28)18-5-3-4-6-18/h7-10,13,15,18H,3-6,11-12,14H2,1-2H3,(H,25,27). The Bertz CT molecular complexity index is 950. The van der Waals surface area contributed by atoms with Crippen LogP contribution in [-0.4, -0.2) is 32.6 Å². The van der Waals surface area contributed by atoms with Crippen LogP contribution in [0.4, 0.5) is 11.4 Å². The molecule has 0 spiro atoms. The molecule has 0 aromatic heterocycles. The number of nitrogens with zero attached hydrogens (tertiary/aromatic N) is 1. The Kier molecular flexibility index (Phi) is 5.93. The SMILES string of the molecule is COc1ccc(CC(=O)Nc2ccc3c(c2)N(C(=O)C2CCCC2)CC3)cc1OC. The first kappa shape index (κ1) is 20.3. The lowest BCUT2D eigenvalue weighted by Gasteiger charge is -2.21. The second-order valence-corrected chi connectivity index (χ2v) is 7.98. The van der Waals surface area contributed by atoms with E-state index in [1.165, 1.54) is 5.56 Å². The van der Waals surface area contributed by atoms with Crippen molar-refractivity contribution in [3.63, 3.8) is 0 Å². The Morgan fingerprint density at radius 1 is 1.03 bits per heavy atom.